The van der Waals surface area contributed by atoms with Gasteiger partial charge in [-0.3, -0.25) is 0 Å². The van der Waals surface area contributed by atoms with Gasteiger partial charge in [-0.25, -0.2) is 0 Å². The van der Waals surface area contributed by atoms with Gasteiger partial charge in [-0.1, -0.05) is 25.3 Å². The summed E-state index contributed by atoms with van der Waals surface area (Å²) in [5, 5.41) is 4.22. The van der Waals surface area contributed by atoms with Crippen molar-refractivity contribution >= 4 is 11.5 Å². The molecule has 1 rings (SSSR count). The second kappa shape index (κ2) is 6.42. The van der Waals surface area contributed by atoms with Crippen molar-refractivity contribution in [3.05, 3.63) is 10.6 Å². The number of nitrogens with two attached hydrogens (primary N) is 1. The predicted molar refractivity (Wildman–Crippen MR) is 71.3 cm³/mol. The third kappa shape index (κ3) is 4.33. The molecular weight excluding hydrogens is 234 g/mol. The maximum Gasteiger partial charge on any atom is 0.0856 e. The summed E-state index contributed by atoms with van der Waals surface area (Å²) in [6, 6.07) is 0.0566. The Hall–Kier alpha value is -0.520. The molecule has 0 radical (unpaired) electrons. The third-order valence-electron chi connectivity index (χ3n) is 2.67. The first-order valence-corrected chi connectivity index (χ1v) is 6.81. The van der Waals surface area contributed by atoms with Crippen LogP contribution in [0, 0.1) is 0 Å². The number of methoxy groups -OCH3 is 1. The Morgan fingerprint density at radius 2 is 2.06 bits per heavy atom. The first-order valence-electron chi connectivity index (χ1n) is 6.04. The van der Waals surface area contributed by atoms with E-state index in [1.54, 1.807) is 7.11 Å². The van der Waals surface area contributed by atoms with Crippen LogP contribution >= 0.6 is 11.5 Å². The van der Waals surface area contributed by atoms with Gasteiger partial charge in [0.05, 0.1) is 10.6 Å². The SMILES string of the molecule is COCCCCC(N)c1snnc1C(C)(C)C. The molecule has 1 heterocycles. The van der Waals surface area contributed by atoms with E-state index in [4.69, 9.17) is 10.5 Å². The lowest BCUT2D eigenvalue weighted by Gasteiger charge is -2.19. The predicted octanol–water partition coefficient (Wildman–Crippen LogP) is 2.65. The van der Waals surface area contributed by atoms with E-state index in [0.717, 1.165) is 36.4 Å². The molecule has 17 heavy (non-hydrogen) atoms. The van der Waals surface area contributed by atoms with E-state index in [1.165, 1.54) is 11.5 Å². The molecule has 2 N–H and O–H groups in total. The summed E-state index contributed by atoms with van der Waals surface area (Å²) in [7, 11) is 1.73. The van der Waals surface area contributed by atoms with E-state index >= 15 is 0 Å². The van der Waals surface area contributed by atoms with Crippen molar-refractivity contribution in [2.75, 3.05) is 13.7 Å². The largest absolute Gasteiger partial charge is 0.385 e. The molecular formula is C12H23N3OS. The molecule has 1 aromatic heterocycles. The Bertz CT molecular complexity index is 333. The summed E-state index contributed by atoms with van der Waals surface area (Å²) >= 11 is 1.43. The van der Waals surface area contributed by atoms with Gasteiger partial charge < -0.3 is 10.5 Å². The van der Waals surface area contributed by atoms with E-state index in [1.807, 2.05) is 0 Å². The fourth-order valence-electron chi connectivity index (χ4n) is 1.70. The first kappa shape index (κ1) is 14.5. The van der Waals surface area contributed by atoms with Crippen molar-refractivity contribution < 1.29 is 4.74 Å². The molecule has 98 valence electrons. The highest BCUT2D eigenvalue weighted by Crippen LogP contribution is 2.31. The minimum absolute atomic E-state index is 0.0203. The van der Waals surface area contributed by atoms with Gasteiger partial charge in [0.1, 0.15) is 0 Å². The number of rotatable bonds is 6. The van der Waals surface area contributed by atoms with Gasteiger partial charge in [0.25, 0.3) is 0 Å². The fraction of sp³-hybridized carbons (Fsp3) is 0.833. The normalized spacial score (nSPS) is 13.9. The minimum Gasteiger partial charge on any atom is -0.385 e. The van der Waals surface area contributed by atoms with Crippen molar-refractivity contribution in [1.29, 1.82) is 0 Å². The topological polar surface area (TPSA) is 61.0 Å². The van der Waals surface area contributed by atoms with E-state index in [0.29, 0.717) is 0 Å². The fourth-order valence-corrected chi connectivity index (χ4v) is 2.60. The smallest absolute Gasteiger partial charge is 0.0856 e. The summed E-state index contributed by atoms with van der Waals surface area (Å²) in [5.74, 6) is 0. The maximum absolute atomic E-state index is 6.21. The van der Waals surface area contributed by atoms with E-state index < -0.39 is 0 Å². The first-order chi connectivity index (χ1) is 7.96. The molecule has 0 spiro atoms. The quantitative estimate of drug-likeness (QED) is 0.796. The van der Waals surface area contributed by atoms with Gasteiger partial charge in [0.2, 0.25) is 0 Å². The van der Waals surface area contributed by atoms with E-state index in [-0.39, 0.29) is 11.5 Å². The number of aromatic nitrogens is 2. The molecule has 1 unspecified atom stereocenters. The van der Waals surface area contributed by atoms with Gasteiger partial charge in [0, 0.05) is 25.2 Å². The van der Waals surface area contributed by atoms with Gasteiger partial charge >= 0.3 is 0 Å². The van der Waals surface area contributed by atoms with Gasteiger partial charge in [0.15, 0.2) is 0 Å². The van der Waals surface area contributed by atoms with Gasteiger partial charge in [-0.05, 0) is 30.8 Å². The molecule has 4 nitrogen and oxygen atoms in total. The van der Waals surface area contributed by atoms with Crippen LogP contribution in [0.2, 0.25) is 0 Å². The molecule has 0 aliphatic rings. The van der Waals surface area contributed by atoms with Crippen LogP contribution in [0.15, 0.2) is 0 Å². The molecule has 0 saturated heterocycles. The average Bonchev–Trinajstić information content (AvgIpc) is 2.72. The third-order valence-corrected chi connectivity index (χ3v) is 3.53. The Balaban J connectivity index is 2.57. The Labute approximate surface area is 108 Å². The lowest BCUT2D eigenvalue weighted by atomic mass is 9.89. The molecule has 0 fully saturated rings. The summed E-state index contributed by atoms with van der Waals surface area (Å²) in [5.41, 5.74) is 7.27. The summed E-state index contributed by atoms with van der Waals surface area (Å²) in [4.78, 5) is 1.13. The lowest BCUT2D eigenvalue weighted by molar-refractivity contribution is 0.191. The molecule has 0 amide bonds. The molecule has 0 bridgehead atoms. The highest BCUT2D eigenvalue weighted by molar-refractivity contribution is 7.05. The van der Waals surface area contributed by atoms with Crippen molar-refractivity contribution in [2.24, 2.45) is 5.73 Å². The number of hydrogen-bond donors (Lipinski definition) is 1. The second-order valence-corrected chi connectivity index (χ2v) is 6.12. The number of hydrogen-bond acceptors (Lipinski definition) is 5. The number of unbranched alkanes of at least 4 members (excludes halogenated alkanes) is 1. The van der Waals surface area contributed by atoms with Crippen LogP contribution < -0.4 is 5.73 Å². The van der Waals surface area contributed by atoms with Crippen LogP contribution in [0.3, 0.4) is 0 Å². The van der Waals surface area contributed by atoms with Crippen molar-refractivity contribution in [3.63, 3.8) is 0 Å². The summed E-state index contributed by atoms with van der Waals surface area (Å²) in [6.07, 6.45) is 3.11. The zero-order valence-electron chi connectivity index (χ0n) is 11.2. The minimum atomic E-state index is 0.0203. The highest BCUT2D eigenvalue weighted by Gasteiger charge is 2.25. The summed E-state index contributed by atoms with van der Waals surface area (Å²) < 4.78 is 9.07. The molecule has 1 aromatic rings. The van der Waals surface area contributed by atoms with Gasteiger partial charge in [-0.15, -0.1) is 5.10 Å². The van der Waals surface area contributed by atoms with Gasteiger partial charge in [-0.2, -0.15) is 0 Å². The second-order valence-electron chi connectivity index (χ2n) is 5.33. The van der Waals surface area contributed by atoms with Crippen LogP contribution in [0.1, 0.15) is 56.6 Å². The Kier molecular flexibility index (Phi) is 5.49. The van der Waals surface area contributed by atoms with Crippen molar-refractivity contribution in [3.8, 4) is 0 Å². The molecule has 0 aliphatic carbocycles. The zero-order valence-corrected chi connectivity index (χ0v) is 12.0. The lowest BCUT2D eigenvalue weighted by Crippen LogP contribution is -2.19. The monoisotopic (exact) mass is 257 g/mol. The van der Waals surface area contributed by atoms with Crippen LogP contribution in [0.25, 0.3) is 0 Å². The summed E-state index contributed by atoms with van der Waals surface area (Å²) in [6.45, 7) is 7.24. The average molecular weight is 257 g/mol. The number of nitrogens with zero attached hydrogens (tertiary/aromatic N) is 2. The zero-order chi connectivity index (χ0) is 12.9. The van der Waals surface area contributed by atoms with Crippen molar-refractivity contribution in [1.82, 2.24) is 9.59 Å². The standard InChI is InChI=1S/C12H23N3OS/c1-12(2,3)11-10(17-15-14-11)9(13)7-5-6-8-16-4/h9H,5-8,13H2,1-4H3. The molecule has 0 aromatic carbocycles. The maximum atomic E-state index is 6.21. The molecule has 5 heteroatoms. The van der Waals surface area contributed by atoms with Crippen LogP contribution in [0.4, 0.5) is 0 Å². The van der Waals surface area contributed by atoms with E-state index in [9.17, 15) is 0 Å². The van der Waals surface area contributed by atoms with Crippen LogP contribution in [-0.4, -0.2) is 23.3 Å². The van der Waals surface area contributed by atoms with E-state index in [2.05, 4.69) is 30.4 Å². The Morgan fingerprint density at radius 1 is 1.35 bits per heavy atom. The Morgan fingerprint density at radius 3 is 2.65 bits per heavy atom. The molecule has 1 atom stereocenters. The molecule has 0 saturated carbocycles. The van der Waals surface area contributed by atoms with Crippen molar-refractivity contribution in [2.45, 2.75) is 51.5 Å². The highest BCUT2D eigenvalue weighted by atomic mass is 32.1. The molecule has 0 aliphatic heterocycles. The number of ether oxygens (including phenoxy) is 1. The van der Waals surface area contributed by atoms with Crippen LogP contribution in [0.5, 0.6) is 0 Å². The van der Waals surface area contributed by atoms with Crippen LogP contribution in [-0.2, 0) is 10.2 Å².